The maximum Gasteiger partial charge on any atom is 0.337 e. The number of aromatic carboxylic acids is 1. The van der Waals surface area contributed by atoms with Gasteiger partial charge < -0.3 is 14.4 Å². The molecule has 1 aromatic rings. The maximum absolute atomic E-state index is 11.6. The third-order valence-corrected chi connectivity index (χ3v) is 3.38. The van der Waals surface area contributed by atoms with Crippen molar-refractivity contribution >= 4 is 30.6 Å². The van der Waals surface area contributed by atoms with Gasteiger partial charge in [0.05, 0.1) is 12.2 Å². The van der Waals surface area contributed by atoms with E-state index in [9.17, 15) is 14.4 Å². The minimum Gasteiger partial charge on any atom is -0.478 e. The molecule has 1 radical (unpaired) electrons. The molecule has 0 aromatic carbocycles. The fraction of sp³-hybridized carbons (Fsp3) is 0.500. The molecular weight excluding hydrogens is 269 g/mol. The second kappa shape index (κ2) is 8.18. The number of Topliss-reactive ketones (excluding diaryl/α,β-unsaturated/α-hetero) is 1. The standard InChI is InChI=1S/C14H17NO5.Li/c16-11-3-1-2-4-12(11)20-8-7-15-9-10(14(18)19)5-6-13(15)17;/h5-6,9,12H,1-4,7-8H2,(H,18,19);. The van der Waals surface area contributed by atoms with E-state index in [2.05, 4.69) is 0 Å². The number of hydrogen-bond acceptors (Lipinski definition) is 4. The number of ketones is 1. The van der Waals surface area contributed by atoms with Crippen molar-refractivity contribution < 1.29 is 19.4 Å². The van der Waals surface area contributed by atoms with Gasteiger partial charge in [-0.25, -0.2) is 4.79 Å². The Morgan fingerprint density at radius 2 is 2.10 bits per heavy atom. The zero-order valence-electron chi connectivity index (χ0n) is 12.1. The minimum atomic E-state index is -1.08. The van der Waals surface area contributed by atoms with Crippen molar-refractivity contribution in [3.63, 3.8) is 0 Å². The number of carbonyl (C=O) groups excluding carboxylic acids is 1. The number of nitrogens with zero attached hydrogens (tertiary/aromatic N) is 1. The second-order valence-corrected chi connectivity index (χ2v) is 4.83. The summed E-state index contributed by atoms with van der Waals surface area (Å²) in [5.41, 5.74) is -0.230. The van der Waals surface area contributed by atoms with Crippen LogP contribution < -0.4 is 5.56 Å². The Hall–Kier alpha value is -1.35. The van der Waals surface area contributed by atoms with Crippen LogP contribution in [0.1, 0.15) is 36.0 Å². The molecule has 0 amide bonds. The topological polar surface area (TPSA) is 85.6 Å². The average molecular weight is 286 g/mol. The molecule has 1 atom stereocenters. The molecule has 109 valence electrons. The first kappa shape index (κ1) is 17.7. The van der Waals surface area contributed by atoms with Crippen molar-refractivity contribution in [1.29, 1.82) is 0 Å². The van der Waals surface area contributed by atoms with E-state index in [0.717, 1.165) is 19.3 Å². The van der Waals surface area contributed by atoms with E-state index < -0.39 is 5.97 Å². The Balaban J connectivity index is 0.00000220. The summed E-state index contributed by atoms with van der Waals surface area (Å²) in [6.07, 6.45) is 4.09. The molecule has 1 aliphatic carbocycles. The van der Waals surface area contributed by atoms with Crippen LogP contribution in [0.25, 0.3) is 0 Å². The molecule has 1 heterocycles. The van der Waals surface area contributed by atoms with Crippen LogP contribution >= 0.6 is 0 Å². The summed E-state index contributed by atoms with van der Waals surface area (Å²) < 4.78 is 6.79. The number of rotatable bonds is 5. The van der Waals surface area contributed by atoms with E-state index in [1.807, 2.05) is 0 Å². The SMILES string of the molecule is O=C(O)c1ccc(=O)n(CCOC2CCCCC2=O)c1.[Li]. The van der Waals surface area contributed by atoms with Crippen LogP contribution in [0.4, 0.5) is 0 Å². The third-order valence-electron chi connectivity index (χ3n) is 3.38. The van der Waals surface area contributed by atoms with Gasteiger partial charge in [-0.15, -0.1) is 0 Å². The molecule has 0 bridgehead atoms. The van der Waals surface area contributed by atoms with Gasteiger partial charge in [0.2, 0.25) is 0 Å². The van der Waals surface area contributed by atoms with Crippen molar-refractivity contribution in [2.45, 2.75) is 38.3 Å². The molecule has 1 aliphatic rings. The molecule has 0 saturated heterocycles. The second-order valence-electron chi connectivity index (χ2n) is 4.83. The van der Waals surface area contributed by atoms with Gasteiger partial charge in [0.25, 0.3) is 5.56 Å². The quantitative estimate of drug-likeness (QED) is 0.805. The van der Waals surface area contributed by atoms with E-state index in [1.54, 1.807) is 0 Å². The number of carboxylic acids is 1. The summed E-state index contributed by atoms with van der Waals surface area (Å²) in [5, 5.41) is 8.87. The largest absolute Gasteiger partial charge is 0.478 e. The van der Waals surface area contributed by atoms with Gasteiger partial charge in [-0.3, -0.25) is 9.59 Å². The van der Waals surface area contributed by atoms with Crippen molar-refractivity contribution in [3.05, 3.63) is 34.2 Å². The molecular formula is C14H17LiNO5. The van der Waals surface area contributed by atoms with Crippen LogP contribution in [0, 0.1) is 0 Å². The van der Waals surface area contributed by atoms with Gasteiger partial charge in [-0.2, -0.15) is 0 Å². The number of ether oxygens (including phenoxy) is 1. The van der Waals surface area contributed by atoms with Gasteiger partial charge in [-0.05, 0) is 25.3 Å². The van der Waals surface area contributed by atoms with Crippen LogP contribution in [0.15, 0.2) is 23.1 Å². The first-order valence-corrected chi connectivity index (χ1v) is 6.66. The Morgan fingerprint density at radius 3 is 2.76 bits per heavy atom. The van der Waals surface area contributed by atoms with Crippen molar-refractivity contribution in [2.75, 3.05) is 6.61 Å². The van der Waals surface area contributed by atoms with Gasteiger partial charge in [0, 0.05) is 44.1 Å². The van der Waals surface area contributed by atoms with Crippen molar-refractivity contribution in [2.24, 2.45) is 0 Å². The monoisotopic (exact) mass is 286 g/mol. The Bertz CT molecular complexity index is 569. The number of aromatic nitrogens is 1. The fourth-order valence-electron chi connectivity index (χ4n) is 2.25. The summed E-state index contributed by atoms with van der Waals surface area (Å²) in [7, 11) is 0. The maximum atomic E-state index is 11.6. The van der Waals surface area contributed by atoms with Crippen LogP contribution in [-0.2, 0) is 16.1 Å². The molecule has 1 aromatic heterocycles. The van der Waals surface area contributed by atoms with Gasteiger partial charge >= 0.3 is 5.97 Å². The van der Waals surface area contributed by atoms with E-state index in [-0.39, 0.29) is 55.0 Å². The van der Waals surface area contributed by atoms with Crippen LogP contribution in [0.2, 0.25) is 0 Å². The molecule has 1 fully saturated rings. The van der Waals surface area contributed by atoms with Gasteiger partial charge in [0.15, 0.2) is 5.78 Å². The Morgan fingerprint density at radius 1 is 1.33 bits per heavy atom. The fourth-order valence-corrected chi connectivity index (χ4v) is 2.25. The molecule has 7 heteroatoms. The molecule has 0 aliphatic heterocycles. The smallest absolute Gasteiger partial charge is 0.337 e. The summed E-state index contributed by atoms with van der Waals surface area (Å²) in [6.45, 7) is 0.461. The first-order chi connectivity index (χ1) is 9.58. The molecule has 0 spiro atoms. The van der Waals surface area contributed by atoms with Crippen molar-refractivity contribution in [1.82, 2.24) is 4.57 Å². The molecule has 6 nitrogen and oxygen atoms in total. The average Bonchev–Trinajstić information content (AvgIpc) is 2.42. The van der Waals surface area contributed by atoms with E-state index in [0.29, 0.717) is 6.42 Å². The summed E-state index contributed by atoms with van der Waals surface area (Å²) >= 11 is 0. The number of carbonyl (C=O) groups is 2. The minimum absolute atomic E-state index is 0. The molecule has 1 saturated carbocycles. The summed E-state index contributed by atoms with van der Waals surface area (Å²) in [4.78, 5) is 34.0. The zero-order valence-corrected chi connectivity index (χ0v) is 12.1. The van der Waals surface area contributed by atoms with Crippen LogP contribution in [0.3, 0.4) is 0 Å². The van der Waals surface area contributed by atoms with Crippen LogP contribution in [-0.4, -0.2) is 53.0 Å². The summed E-state index contributed by atoms with van der Waals surface area (Å²) in [6, 6.07) is 2.49. The van der Waals surface area contributed by atoms with E-state index >= 15 is 0 Å². The molecule has 2 rings (SSSR count). The van der Waals surface area contributed by atoms with Gasteiger partial charge in [-0.1, -0.05) is 0 Å². The Labute approximate surface area is 134 Å². The van der Waals surface area contributed by atoms with E-state index in [1.165, 1.54) is 22.9 Å². The first-order valence-electron chi connectivity index (χ1n) is 6.66. The zero-order chi connectivity index (χ0) is 14.5. The number of pyridine rings is 1. The third kappa shape index (κ3) is 4.85. The summed E-state index contributed by atoms with van der Waals surface area (Å²) in [5.74, 6) is -0.968. The number of hydrogen-bond donors (Lipinski definition) is 1. The molecule has 21 heavy (non-hydrogen) atoms. The Kier molecular flexibility index (Phi) is 6.89. The number of carboxylic acid groups (broad SMARTS) is 1. The van der Waals surface area contributed by atoms with Gasteiger partial charge in [0.1, 0.15) is 6.10 Å². The normalized spacial score (nSPS) is 18.1. The predicted molar refractivity (Wildman–Crippen MR) is 76.6 cm³/mol. The predicted octanol–water partition coefficient (Wildman–Crippen LogP) is 0.694. The molecule has 1 N–H and O–H groups in total. The van der Waals surface area contributed by atoms with E-state index in [4.69, 9.17) is 9.84 Å². The molecule has 1 unspecified atom stereocenters. The van der Waals surface area contributed by atoms with Crippen LogP contribution in [0.5, 0.6) is 0 Å². The van der Waals surface area contributed by atoms with Crippen molar-refractivity contribution in [3.8, 4) is 0 Å².